The number of rotatable bonds is 2. The molecule has 0 heterocycles. The molecule has 0 radical (unpaired) electrons. The van der Waals surface area contributed by atoms with Gasteiger partial charge in [0.1, 0.15) is 6.10 Å². The third kappa shape index (κ3) is 3.01. The van der Waals surface area contributed by atoms with E-state index in [-0.39, 0.29) is 0 Å². The van der Waals surface area contributed by atoms with Gasteiger partial charge >= 0.3 is 0 Å². The zero-order valence-electron chi connectivity index (χ0n) is 9.90. The van der Waals surface area contributed by atoms with Gasteiger partial charge in [0, 0.05) is 5.02 Å². The lowest BCUT2D eigenvalue weighted by molar-refractivity contribution is -0.0867. The average Bonchev–Trinajstić information content (AvgIpc) is 2.54. The maximum absolute atomic E-state index is 10.6. The molecule has 2 nitrogen and oxygen atoms in total. The molecular formula is C14H19ClO2. The zero-order valence-corrected chi connectivity index (χ0v) is 10.7. The molecule has 1 atom stereocenters. The van der Waals surface area contributed by atoms with Crippen LogP contribution in [0.2, 0.25) is 5.02 Å². The van der Waals surface area contributed by atoms with Crippen LogP contribution < -0.4 is 0 Å². The van der Waals surface area contributed by atoms with Crippen LogP contribution in [0, 0.1) is 0 Å². The van der Waals surface area contributed by atoms with Crippen LogP contribution in [-0.2, 0) is 0 Å². The van der Waals surface area contributed by atoms with Crippen LogP contribution in [0.15, 0.2) is 24.3 Å². The van der Waals surface area contributed by atoms with Crippen molar-refractivity contribution in [2.24, 2.45) is 0 Å². The van der Waals surface area contributed by atoms with Gasteiger partial charge in [-0.2, -0.15) is 0 Å². The highest BCUT2D eigenvalue weighted by atomic mass is 35.5. The topological polar surface area (TPSA) is 40.5 Å². The van der Waals surface area contributed by atoms with Crippen molar-refractivity contribution in [2.45, 2.75) is 50.2 Å². The largest absolute Gasteiger partial charge is 0.387 e. The lowest BCUT2D eigenvalue weighted by Gasteiger charge is -2.32. The smallest absolute Gasteiger partial charge is 0.108 e. The average molecular weight is 255 g/mol. The second kappa shape index (κ2) is 5.38. The third-order valence-electron chi connectivity index (χ3n) is 3.64. The maximum Gasteiger partial charge on any atom is 0.108 e. The SMILES string of the molecule is OC(c1cccc(Cl)c1)C1(O)CCCCCC1. The van der Waals surface area contributed by atoms with E-state index in [1.54, 1.807) is 18.2 Å². The van der Waals surface area contributed by atoms with E-state index in [1.165, 1.54) is 0 Å². The van der Waals surface area contributed by atoms with Crippen LogP contribution in [0.25, 0.3) is 0 Å². The molecule has 0 amide bonds. The van der Waals surface area contributed by atoms with Gasteiger partial charge in [0.25, 0.3) is 0 Å². The first-order valence-corrected chi connectivity index (χ1v) is 6.65. The summed E-state index contributed by atoms with van der Waals surface area (Å²) in [6.07, 6.45) is 4.75. The van der Waals surface area contributed by atoms with Crippen LogP contribution in [0.3, 0.4) is 0 Å². The Hall–Kier alpha value is -0.570. The molecule has 0 saturated heterocycles. The molecular weight excluding hydrogens is 236 g/mol. The van der Waals surface area contributed by atoms with Crippen LogP contribution >= 0.6 is 11.6 Å². The Bertz CT molecular complexity index is 370. The molecule has 94 valence electrons. The first kappa shape index (κ1) is 12.9. The minimum absolute atomic E-state index is 0.596. The molecule has 2 N–H and O–H groups in total. The predicted molar refractivity (Wildman–Crippen MR) is 69.1 cm³/mol. The summed E-state index contributed by atoms with van der Waals surface area (Å²) in [5.41, 5.74) is -0.275. The van der Waals surface area contributed by atoms with E-state index in [1.807, 2.05) is 6.07 Å². The van der Waals surface area contributed by atoms with Crippen molar-refractivity contribution in [3.8, 4) is 0 Å². The van der Waals surface area contributed by atoms with Gasteiger partial charge in [-0.3, -0.25) is 0 Å². The van der Waals surface area contributed by atoms with E-state index in [4.69, 9.17) is 11.6 Å². The molecule has 1 aromatic carbocycles. The Morgan fingerprint density at radius 1 is 1.12 bits per heavy atom. The summed E-state index contributed by atoms with van der Waals surface area (Å²) >= 11 is 5.91. The van der Waals surface area contributed by atoms with Gasteiger partial charge in [0.15, 0.2) is 0 Å². The molecule has 0 bridgehead atoms. The minimum Gasteiger partial charge on any atom is -0.387 e. The number of benzene rings is 1. The monoisotopic (exact) mass is 254 g/mol. The Balaban J connectivity index is 2.19. The minimum atomic E-state index is -0.985. The van der Waals surface area contributed by atoms with Gasteiger partial charge in [-0.1, -0.05) is 49.4 Å². The number of aliphatic hydroxyl groups is 2. The Morgan fingerprint density at radius 3 is 2.35 bits per heavy atom. The van der Waals surface area contributed by atoms with Crippen molar-refractivity contribution in [1.29, 1.82) is 0 Å². The number of aliphatic hydroxyl groups excluding tert-OH is 1. The first-order chi connectivity index (χ1) is 8.12. The van der Waals surface area contributed by atoms with Crippen molar-refractivity contribution in [2.75, 3.05) is 0 Å². The normalized spacial score (nSPS) is 21.8. The molecule has 1 saturated carbocycles. The first-order valence-electron chi connectivity index (χ1n) is 6.28. The summed E-state index contributed by atoms with van der Waals surface area (Å²) in [6.45, 7) is 0. The second-order valence-electron chi connectivity index (χ2n) is 4.98. The highest BCUT2D eigenvalue weighted by Crippen LogP contribution is 2.37. The lowest BCUT2D eigenvalue weighted by atomic mass is 9.85. The number of hydrogen-bond donors (Lipinski definition) is 2. The van der Waals surface area contributed by atoms with Gasteiger partial charge in [0.05, 0.1) is 5.60 Å². The standard InChI is InChI=1S/C14H19ClO2/c15-12-7-5-6-11(10-12)13(16)14(17)8-3-1-2-4-9-14/h5-7,10,13,16-17H,1-4,8-9H2. The fourth-order valence-electron chi connectivity index (χ4n) is 2.60. The van der Waals surface area contributed by atoms with E-state index < -0.39 is 11.7 Å². The fourth-order valence-corrected chi connectivity index (χ4v) is 2.80. The van der Waals surface area contributed by atoms with E-state index in [0.717, 1.165) is 25.7 Å². The molecule has 0 aromatic heterocycles. The number of halogens is 1. The van der Waals surface area contributed by atoms with E-state index >= 15 is 0 Å². The molecule has 3 heteroatoms. The summed E-state index contributed by atoms with van der Waals surface area (Å²) in [4.78, 5) is 0. The molecule has 0 spiro atoms. The maximum atomic E-state index is 10.6. The summed E-state index contributed by atoms with van der Waals surface area (Å²) in [5.74, 6) is 0. The zero-order chi connectivity index (χ0) is 12.3. The Morgan fingerprint density at radius 2 is 1.76 bits per heavy atom. The van der Waals surface area contributed by atoms with Gasteiger partial charge in [0.2, 0.25) is 0 Å². The van der Waals surface area contributed by atoms with Gasteiger partial charge in [-0.15, -0.1) is 0 Å². The summed E-state index contributed by atoms with van der Waals surface area (Å²) in [7, 11) is 0. The highest BCUT2D eigenvalue weighted by Gasteiger charge is 2.36. The predicted octanol–water partition coefficient (Wildman–Crippen LogP) is 3.46. The van der Waals surface area contributed by atoms with E-state index in [0.29, 0.717) is 23.4 Å². The molecule has 1 aliphatic rings. The van der Waals surface area contributed by atoms with E-state index in [9.17, 15) is 10.2 Å². The summed E-state index contributed by atoms with van der Waals surface area (Å²) in [6, 6.07) is 7.13. The lowest BCUT2D eigenvalue weighted by Crippen LogP contribution is -2.35. The third-order valence-corrected chi connectivity index (χ3v) is 3.88. The molecule has 0 aliphatic heterocycles. The van der Waals surface area contributed by atoms with Crippen LogP contribution in [0.1, 0.15) is 50.2 Å². The fraction of sp³-hybridized carbons (Fsp3) is 0.571. The Kier molecular flexibility index (Phi) is 4.08. The van der Waals surface area contributed by atoms with Crippen LogP contribution in [0.5, 0.6) is 0 Å². The van der Waals surface area contributed by atoms with Crippen molar-refractivity contribution in [3.05, 3.63) is 34.9 Å². The van der Waals surface area contributed by atoms with E-state index in [2.05, 4.69) is 0 Å². The van der Waals surface area contributed by atoms with Crippen molar-refractivity contribution in [3.63, 3.8) is 0 Å². The summed E-state index contributed by atoms with van der Waals surface area (Å²) in [5, 5.41) is 21.5. The molecule has 17 heavy (non-hydrogen) atoms. The molecule has 1 unspecified atom stereocenters. The number of hydrogen-bond acceptors (Lipinski definition) is 2. The Labute approximate surface area is 107 Å². The van der Waals surface area contributed by atoms with Crippen LogP contribution in [0.4, 0.5) is 0 Å². The van der Waals surface area contributed by atoms with Gasteiger partial charge in [-0.05, 0) is 30.5 Å². The van der Waals surface area contributed by atoms with Crippen molar-refractivity contribution in [1.82, 2.24) is 0 Å². The quantitative estimate of drug-likeness (QED) is 0.794. The van der Waals surface area contributed by atoms with Crippen LogP contribution in [-0.4, -0.2) is 15.8 Å². The van der Waals surface area contributed by atoms with Crippen molar-refractivity contribution < 1.29 is 10.2 Å². The molecule has 2 rings (SSSR count). The molecule has 1 aromatic rings. The molecule has 1 aliphatic carbocycles. The van der Waals surface area contributed by atoms with Crippen molar-refractivity contribution >= 4 is 11.6 Å². The van der Waals surface area contributed by atoms with Gasteiger partial charge < -0.3 is 10.2 Å². The van der Waals surface area contributed by atoms with Gasteiger partial charge in [-0.25, -0.2) is 0 Å². The second-order valence-corrected chi connectivity index (χ2v) is 5.41. The molecule has 1 fully saturated rings. The highest BCUT2D eigenvalue weighted by molar-refractivity contribution is 6.30. The summed E-state index contributed by atoms with van der Waals surface area (Å²) < 4.78 is 0.